The zero-order valence-corrected chi connectivity index (χ0v) is 11.4. The van der Waals surface area contributed by atoms with Crippen molar-refractivity contribution < 1.29 is 14.4 Å². The van der Waals surface area contributed by atoms with Crippen LogP contribution in [0.1, 0.15) is 24.6 Å². The predicted molar refractivity (Wildman–Crippen MR) is 67.2 cm³/mol. The molecule has 1 aromatic rings. The molecular formula is C12H20N4O3. The van der Waals surface area contributed by atoms with E-state index in [2.05, 4.69) is 10.1 Å². The lowest BCUT2D eigenvalue weighted by Gasteiger charge is -2.30. The standard InChI is InChI=1S/C12H20N4O3/c1-9-13-11(19-14-9)7-15(2)8-12(18)16-5-3-10(17)4-6-16/h10,17H,3-8H2,1-2H3. The Hall–Kier alpha value is -1.47. The number of carbonyl (C=O) groups is 1. The molecule has 0 atom stereocenters. The molecule has 0 radical (unpaired) electrons. The third-order valence-electron chi connectivity index (χ3n) is 3.20. The number of amides is 1. The maximum atomic E-state index is 12.0. The van der Waals surface area contributed by atoms with Crippen molar-refractivity contribution in [1.82, 2.24) is 19.9 Å². The van der Waals surface area contributed by atoms with Crippen LogP contribution in [0.25, 0.3) is 0 Å². The fourth-order valence-corrected chi connectivity index (χ4v) is 2.14. The van der Waals surface area contributed by atoms with Gasteiger partial charge >= 0.3 is 0 Å². The summed E-state index contributed by atoms with van der Waals surface area (Å²) in [6, 6.07) is 0. The summed E-state index contributed by atoms with van der Waals surface area (Å²) in [7, 11) is 1.84. The molecule has 1 aliphatic rings. The second kappa shape index (κ2) is 6.12. The monoisotopic (exact) mass is 268 g/mol. The second-order valence-corrected chi connectivity index (χ2v) is 5.02. The summed E-state index contributed by atoms with van der Waals surface area (Å²) in [6.45, 7) is 3.80. The fourth-order valence-electron chi connectivity index (χ4n) is 2.14. The molecule has 2 rings (SSSR count). The zero-order valence-electron chi connectivity index (χ0n) is 11.4. The van der Waals surface area contributed by atoms with Gasteiger partial charge in [-0.05, 0) is 26.8 Å². The summed E-state index contributed by atoms with van der Waals surface area (Å²) >= 11 is 0. The number of aliphatic hydroxyl groups excluding tert-OH is 1. The van der Waals surface area contributed by atoms with E-state index in [1.54, 1.807) is 11.8 Å². The lowest BCUT2D eigenvalue weighted by Crippen LogP contribution is -2.44. The molecule has 0 unspecified atom stereocenters. The van der Waals surface area contributed by atoms with Gasteiger partial charge in [0.15, 0.2) is 5.82 Å². The quantitative estimate of drug-likeness (QED) is 0.814. The Morgan fingerprint density at radius 3 is 2.79 bits per heavy atom. The SMILES string of the molecule is Cc1noc(CN(C)CC(=O)N2CCC(O)CC2)n1. The number of piperidine rings is 1. The van der Waals surface area contributed by atoms with Gasteiger partial charge in [-0.15, -0.1) is 0 Å². The van der Waals surface area contributed by atoms with Gasteiger partial charge in [0.1, 0.15) is 0 Å². The van der Waals surface area contributed by atoms with E-state index in [9.17, 15) is 9.90 Å². The first-order valence-electron chi connectivity index (χ1n) is 6.48. The second-order valence-electron chi connectivity index (χ2n) is 5.02. The lowest BCUT2D eigenvalue weighted by molar-refractivity contribution is -0.134. The molecule has 0 spiro atoms. The van der Waals surface area contributed by atoms with Crippen molar-refractivity contribution in [3.8, 4) is 0 Å². The molecule has 1 aromatic heterocycles. The molecule has 1 aliphatic heterocycles. The Kier molecular flexibility index (Phi) is 4.49. The number of aromatic nitrogens is 2. The first kappa shape index (κ1) is 14.0. The molecule has 1 N–H and O–H groups in total. The summed E-state index contributed by atoms with van der Waals surface area (Å²) < 4.78 is 5.02. The number of aliphatic hydroxyl groups is 1. The van der Waals surface area contributed by atoms with Gasteiger partial charge in [0.05, 0.1) is 19.2 Å². The first-order chi connectivity index (χ1) is 9.04. The van der Waals surface area contributed by atoms with Crippen molar-refractivity contribution in [2.24, 2.45) is 0 Å². The molecule has 19 heavy (non-hydrogen) atoms. The highest BCUT2D eigenvalue weighted by atomic mass is 16.5. The number of nitrogens with zero attached hydrogens (tertiary/aromatic N) is 4. The highest BCUT2D eigenvalue weighted by Gasteiger charge is 2.22. The molecule has 7 heteroatoms. The van der Waals surface area contributed by atoms with E-state index >= 15 is 0 Å². The van der Waals surface area contributed by atoms with E-state index in [4.69, 9.17) is 4.52 Å². The Morgan fingerprint density at radius 2 is 2.21 bits per heavy atom. The number of hydrogen-bond donors (Lipinski definition) is 1. The van der Waals surface area contributed by atoms with Crippen molar-refractivity contribution in [3.05, 3.63) is 11.7 Å². The van der Waals surface area contributed by atoms with Gasteiger partial charge in [0.2, 0.25) is 11.8 Å². The van der Waals surface area contributed by atoms with Gasteiger partial charge in [-0.1, -0.05) is 5.16 Å². The third kappa shape index (κ3) is 4.00. The van der Waals surface area contributed by atoms with Crippen LogP contribution in [0.4, 0.5) is 0 Å². The largest absolute Gasteiger partial charge is 0.393 e. The van der Waals surface area contributed by atoms with Crippen LogP contribution in [0.2, 0.25) is 0 Å². The number of hydrogen-bond acceptors (Lipinski definition) is 6. The molecular weight excluding hydrogens is 248 g/mol. The normalized spacial score (nSPS) is 17.2. The van der Waals surface area contributed by atoms with Crippen LogP contribution in [0, 0.1) is 6.92 Å². The van der Waals surface area contributed by atoms with Crippen LogP contribution in [0.3, 0.4) is 0 Å². The Bertz CT molecular complexity index is 426. The predicted octanol–water partition coefficient (Wildman–Crippen LogP) is -0.207. The van der Waals surface area contributed by atoms with E-state index in [1.165, 1.54) is 0 Å². The molecule has 0 aromatic carbocycles. The van der Waals surface area contributed by atoms with Gasteiger partial charge in [-0.25, -0.2) is 0 Å². The molecule has 1 fully saturated rings. The fraction of sp³-hybridized carbons (Fsp3) is 0.750. The smallest absolute Gasteiger partial charge is 0.240 e. The molecule has 1 amide bonds. The van der Waals surface area contributed by atoms with Gasteiger partial charge in [-0.3, -0.25) is 9.69 Å². The van der Waals surface area contributed by atoms with Crippen LogP contribution >= 0.6 is 0 Å². The minimum atomic E-state index is -0.261. The number of carbonyl (C=O) groups excluding carboxylic acids is 1. The Balaban J connectivity index is 1.78. The average molecular weight is 268 g/mol. The van der Waals surface area contributed by atoms with Crippen molar-refractivity contribution in [1.29, 1.82) is 0 Å². The van der Waals surface area contributed by atoms with Gasteiger partial charge in [-0.2, -0.15) is 4.98 Å². The summed E-state index contributed by atoms with van der Waals surface area (Å²) in [5, 5.41) is 13.1. The summed E-state index contributed by atoms with van der Waals surface area (Å²) in [6.07, 6.45) is 1.07. The molecule has 1 saturated heterocycles. The van der Waals surface area contributed by atoms with E-state index in [-0.39, 0.29) is 12.0 Å². The lowest BCUT2D eigenvalue weighted by atomic mass is 10.1. The average Bonchev–Trinajstić information content (AvgIpc) is 2.75. The van der Waals surface area contributed by atoms with Crippen LogP contribution in [-0.2, 0) is 11.3 Å². The molecule has 0 aliphatic carbocycles. The maximum absolute atomic E-state index is 12.0. The van der Waals surface area contributed by atoms with E-state index in [1.807, 2.05) is 11.9 Å². The molecule has 7 nitrogen and oxygen atoms in total. The molecule has 0 bridgehead atoms. The van der Waals surface area contributed by atoms with E-state index in [0.29, 0.717) is 50.7 Å². The zero-order chi connectivity index (χ0) is 13.8. The van der Waals surface area contributed by atoms with Crippen LogP contribution < -0.4 is 0 Å². The van der Waals surface area contributed by atoms with Gasteiger partial charge in [0, 0.05) is 13.1 Å². The minimum absolute atomic E-state index is 0.0747. The number of rotatable bonds is 4. The van der Waals surface area contributed by atoms with Crippen LogP contribution in [0.15, 0.2) is 4.52 Å². The number of aryl methyl sites for hydroxylation is 1. The molecule has 0 saturated carbocycles. The van der Waals surface area contributed by atoms with Crippen LogP contribution in [0.5, 0.6) is 0 Å². The third-order valence-corrected chi connectivity index (χ3v) is 3.20. The first-order valence-corrected chi connectivity index (χ1v) is 6.48. The van der Waals surface area contributed by atoms with Crippen molar-refractivity contribution in [2.45, 2.75) is 32.4 Å². The minimum Gasteiger partial charge on any atom is -0.393 e. The van der Waals surface area contributed by atoms with Crippen molar-refractivity contribution >= 4 is 5.91 Å². The highest BCUT2D eigenvalue weighted by molar-refractivity contribution is 5.78. The van der Waals surface area contributed by atoms with Crippen molar-refractivity contribution in [3.63, 3.8) is 0 Å². The van der Waals surface area contributed by atoms with E-state index < -0.39 is 0 Å². The summed E-state index contributed by atoms with van der Waals surface area (Å²) in [4.78, 5) is 19.8. The summed E-state index contributed by atoms with van der Waals surface area (Å²) in [5.41, 5.74) is 0. The van der Waals surface area contributed by atoms with E-state index in [0.717, 1.165) is 0 Å². The molecule has 2 heterocycles. The van der Waals surface area contributed by atoms with Gasteiger partial charge < -0.3 is 14.5 Å². The molecule has 106 valence electrons. The number of likely N-dealkylation sites (tertiary alicyclic amines) is 1. The summed E-state index contributed by atoms with van der Waals surface area (Å²) in [5.74, 6) is 1.19. The Morgan fingerprint density at radius 1 is 1.53 bits per heavy atom. The topological polar surface area (TPSA) is 82.7 Å². The number of likely N-dealkylation sites (N-methyl/N-ethyl adjacent to an activating group) is 1. The maximum Gasteiger partial charge on any atom is 0.240 e. The van der Waals surface area contributed by atoms with Gasteiger partial charge in [0.25, 0.3) is 0 Å². The van der Waals surface area contributed by atoms with Crippen molar-refractivity contribution in [2.75, 3.05) is 26.7 Å². The van der Waals surface area contributed by atoms with Crippen LogP contribution in [-0.4, -0.2) is 63.7 Å². The Labute approximate surface area is 112 Å². The highest BCUT2D eigenvalue weighted by Crippen LogP contribution is 2.10.